The van der Waals surface area contributed by atoms with Crippen LogP contribution in [0.2, 0.25) is 0 Å². The topological polar surface area (TPSA) is 64.4 Å². The van der Waals surface area contributed by atoms with Crippen LogP contribution >= 0.6 is 0 Å². The summed E-state index contributed by atoms with van der Waals surface area (Å²) in [6.45, 7) is 2.14. The first-order chi connectivity index (χ1) is 10.3. The summed E-state index contributed by atoms with van der Waals surface area (Å²) in [4.78, 5) is 10.9. The number of nitro groups is 1. The van der Waals surface area contributed by atoms with Crippen molar-refractivity contribution in [3.05, 3.63) is 62.6 Å². The number of hydrogen-bond acceptors (Lipinski definition) is 4. The maximum Gasteiger partial charge on any atom is 0.387 e. The average molecular weight is 310 g/mol. The molecule has 1 heterocycles. The minimum absolute atomic E-state index is 0.0521. The van der Waals surface area contributed by atoms with Crippen molar-refractivity contribution < 1.29 is 18.4 Å². The molecule has 0 aliphatic carbocycles. The van der Waals surface area contributed by atoms with E-state index >= 15 is 0 Å². The van der Waals surface area contributed by atoms with Crippen molar-refractivity contribution in [3.8, 4) is 5.75 Å². The van der Waals surface area contributed by atoms with Crippen LogP contribution in [0, 0.1) is 10.1 Å². The van der Waals surface area contributed by atoms with Crippen LogP contribution in [0.4, 0.5) is 8.78 Å². The molecule has 0 aromatic heterocycles. The van der Waals surface area contributed by atoms with Gasteiger partial charge in [0.25, 0.3) is 5.70 Å². The summed E-state index contributed by atoms with van der Waals surface area (Å²) >= 11 is 0. The number of dihydropyridines is 1. The molecule has 22 heavy (non-hydrogen) atoms. The number of para-hydroxylation sites is 1. The van der Waals surface area contributed by atoms with Gasteiger partial charge in [0.05, 0.1) is 10.6 Å². The van der Waals surface area contributed by atoms with Crippen LogP contribution in [-0.2, 0) is 0 Å². The van der Waals surface area contributed by atoms with Crippen molar-refractivity contribution in [2.75, 3.05) is 0 Å². The smallest absolute Gasteiger partial charge is 0.387 e. The number of halogens is 2. The second kappa shape index (κ2) is 6.13. The van der Waals surface area contributed by atoms with Gasteiger partial charge in [-0.3, -0.25) is 10.1 Å². The first-order valence-electron chi connectivity index (χ1n) is 6.66. The van der Waals surface area contributed by atoms with Gasteiger partial charge in [0.2, 0.25) is 0 Å². The summed E-state index contributed by atoms with van der Waals surface area (Å²) in [7, 11) is 0. The summed E-state index contributed by atoms with van der Waals surface area (Å²) in [5.41, 5.74) is 2.15. The molecule has 0 fully saturated rings. The highest BCUT2D eigenvalue weighted by atomic mass is 19.3. The van der Waals surface area contributed by atoms with Crippen LogP contribution in [0.15, 0.2) is 46.9 Å². The molecule has 118 valence electrons. The van der Waals surface area contributed by atoms with Crippen molar-refractivity contribution in [2.45, 2.75) is 33.3 Å². The number of hydrogen-bond donors (Lipinski definition) is 1. The molecule has 5 nitrogen and oxygen atoms in total. The molecule has 1 atom stereocenters. The number of nitrogens with zero attached hydrogens (tertiary/aromatic N) is 1. The molecule has 0 bridgehead atoms. The van der Waals surface area contributed by atoms with Gasteiger partial charge in [-0.1, -0.05) is 18.2 Å². The van der Waals surface area contributed by atoms with Crippen molar-refractivity contribution in [1.29, 1.82) is 0 Å². The molecular weight excluding hydrogens is 294 g/mol. The minimum Gasteiger partial charge on any atom is -0.435 e. The lowest BCUT2D eigenvalue weighted by atomic mass is 9.84. The highest BCUT2D eigenvalue weighted by Crippen LogP contribution is 2.41. The van der Waals surface area contributed by atoms with Crippen LogP contribution in [0.5, 0.6) is 5.75 Å². The zero-order valence-electron chi connectivity index (χ0n) is 12.4. The lowest BCUT2D eigenvalue weighted by Crippen LogP contribution is -2.27. The minimum atomic E-state index is -2.99. The molecule has 1 N–H and O–H groups in total. The molecule has 0 radical (unpaired) electrons. The second-order valence-corrected chi connectivity index (χ2v) is 5.05. The molecule has 0 amide bonds. The Bertz CT molecular complexity index is 669. The molecule has 0 saturated heterocycles. The van der Waals surface area contributed by atoms with Crippen LogP contribution < -0.4 is 10.1 Å². The first kappa shape index (κ1) is 15.9. The van der Waals surface area contributed by atoms with E-state index < -0.39 is 17.5 Å². The number of allylic oxidation sites excluding steroid dienone is 3. The van der Waals surface area contributed by atoms with Crippen LogP contribution in [0.25, 0.3) is 0 Å². The summed E-state index contributed by atoms with van der Waals surface area (Å²) in [6.07, 6.45) is 0. The zero-order valence-corrected chi connectivity index (χ0v) is 12.4. The van der Waals surface area contributed by atoms with Crippen molar-refractivity contribution in [2.24, 2.45) is 0 Å². The Morgan fingerprint density at radius 3 is 2.45 bits per heavy atom. The van der Waals surface area contributed by atoms with Gasteiger partial charge >= 0.3 is 6.61 Å². The van der Waals surface area contributed by atoms with Crippen LogP contribution in [-0.4, -0.2) is 11.5 Å². The van der Waals surface area contributed by atoms with E-state index in [0.29, 0.717) is 16.8 Å². The molecule has 1 unspecified atom stereocenters. The lowest BCUT2D eigenvalue weighted by Gasteiger charge is -2.26. The van der Waals surface area contributed by atoms with Crippen molar-refractivity contribution in [1.82, 2.24) is 5.32 Å². The molecule has 7 heteroatoms. The lowest BCUT2D eigenvalue weighted by molar-refractivity contribution is -0.431. The molecule has 1 aliphatic rings. The van der Waals surface area contributed by atoms with E-state index in [9.17, 15) is 18.9 Å². The maximum atomic E-state index is 12.6. The first-order valence-corrected chi connectivity index (χ1v) is 6.66. The highest BCUT2D eigenvalue weighted by Gasteiger charge is 2.36. The Morgan fingerprint density at radius 1 is 1.23 bits per heavy atom. The largest absolute Gasteiger partial charge is 0.435 e. The normalized spacial score (nSPS) is 18.5. The molecule has 0 saturated carbocycles. The van der Waals surface area contributed by atoms with Crippen LogP contribution in [0.1, 0.15) is 32.3 Å². The number of ether oxygens (including phenoxy) is 1. The summed E-state index contributed by atoms with van der Waals surface area (Å²) in [5, 5.41) is 14.4. The number of benzene rings is 1. The third-order valence-corrected chi connectivity index (χ3v) is 3.70. The Labute approximate surface area is 126 Å². The maximum absolute atomic E-state index is 12.6. The molecule has 1 aliphatic heterocycles. The van der Waals surface area contributed by atoms with E-state index in [-0.39, 0.29) is 11.4 Å². The third kappa shape index (κ3) is 2.93. The van der Waals surface area contributed by atoms with E-state index in [2.05, 4.69) is 10.1 Å². The van der Waals surface area contributed by atoms with Crippen molar-refractivity contribution >= 4 is 0 Å². The van der Waals surface area contributed by atoms with Gasteiger partial charge in [-0.15, -0.1) is 0 Å². The van der Waals surface area contributed by atoms with Gasteiger partial charge in [0, 0.05) is 11.3 Å². The molecule has 1 aromatic rings. The number of nitrogens with one attached hydrogen (secondary N) is 1. The van der Waals surface area contributed by atoms with Gasteiger partial charge in [-0.25, -0.2) is 0 Å². The summed E-state index contributed by atoms with van der Waals surface area (Å²) < 4.78 is 29.7. The van der Waals surface area contributed by atoms with Gasteiger partial charge < -0.3 is 10.1 Å². The average Bonchev–Trinajstić information content (AvgIpc) is 2.42. The van der Waals surface area contributed by atoms with E-state index in [1.807, 2.05) is 0 Å². The predicted molar refractivity (Wildman–Crippen MR) is 77.0 cm³/mol. The Kier molecular flexibility index (Phi) is 4.44. The Balaban J connectivity index is 2.61. The van der Waals surface area contributed by atoms with E-state index in [4.69, 9.17) is 0 Å². The SMILES string of the molecule is CC1=C(C)C(c2ccccc2OC(F)F)C([N+](=O)[O-])=C(C)N1. The highest BCUT2D eigenvalue weighted by molar-refractivity contribution is 5.48. The molecule has 2 rings (SSSR count). The zero-order chi connectivity index (χ0) is 16.4. The van der Waals surface area contributed by atoms with Gasteiger partial charge in [-0.05, 0) is 32.4 Å². The standard InChI is InChI=1S/C15H16F2N2O3/c1-8-9(2)18-10(3)14(19(20)21)13(8)11-6-4-5-7-12(11)22-15(16)17/h4-7,13,15,18H,1-3H3. The summed E-state index contributed by atoms with van der Waals surface area (Å²) in [6, 6.07) is 6.15. The Hall–Kier alpha value is -2.44. The van der Waals surface area contributed by atoms with Gasteiger partial charge in [-0.2, -0.15) is 8.78 Å². The van der Waals surface area contributed by atoms with Gasteiger partial charge in [0.1, 0.15) is 11.7 Å². The van der Waals surface area contributed by atoms with Crippen LogP contribution in [0.3, 0.4) is 0 Å². The third-order valence-electron chi connectivity index (χ3n) is 3.70. The molecular formula is C15H16F2N2O3. The molecule has 0 spiro atoms. The monoisotopic (exact) mass is 310 g/mol. The van der Waals surface area contributed by atoms with Crippen molar-refractivity contribution in [3.63, 3.8) is 0 Å². The van der Waals surface area contributed by atoms with Gasteiger partial charge in [0.15, 0.2) is 0 Å². The fourth-order valence-electron chi connectivity index (χ4n) is 2.63. The number of alkyl halides is 2. The molecule has 1 aromatic carbocycles. The van der Waals surface area contributed by atoms with E-state index in [1.54, 1.807) is 39.0 Å². The quantitative estimate of drug-likeness (QED) is 0.679. The second-order valence-electron chi connectivity index (χ2n) is 5.05. The van der Waals surface area contributed by atoms with E-state index in [0.717, 1.165) is 5.70 Å². The fourth-order valence-corrected chi connectivity index (χ4v) is 2.63. The van der Waals surface area contributed by atoms with E-state index in [1.165, 1.54) is 6.07 Å². The predicted octanol–water partition coefficient (Wildman–Crippen LogP) is 3.78. The fraction of sp³-hybridized carbons (Fsp3) is 0.333. The number of rotatable bonds is 4. The summed E-state index contributed by atoms with van der Waals surface area (Å²) in [5.74, 6) is -0.783. The Morgan fingerprint density at radius 2 is 1.86 bits per heavy atom.